The van der Waals surface area contributed by atoms with Crippen LogP contribution in [0.5, 0.6) is 0 Å². The van der Waals surface area contributed by atoms with E-state index >= 15 is 0 Å². The van der Waals surface area contributed by atoms with Gasteiger partial charge in [-0.25, -0.2) is 4.98 Å². The lowest BCUT2D eigenvalue weighted by Crippen LogP contribution is -2.34. The fourth-order valence-corrected chi connectivity index (χ4v) is 3.18. The second-order valence-corrected chi connectivity index (χ2v) is 6.86. The Morgan fingerprint density at radius 2 is 2.22 bits per heavy atom. The van der Waals surface area contributed by atoms with Crippen LogP contribution in [0, 0.1) is 6.92 Å². The zero-order valence-corrected chi connectivity index (χ0v) is 15.5. The number of pyridine rings is 2. The maximum Gasteiger partial charge on any atom is 0.259 e. The lowest BCUT2D eigenvalue weighted by atomic mass is 10.1. The molecule has 0 bridgehead atoms. The van der Waals surface area contributed by atoms with E-state index in [1.807, 2.05) is 31.2 Å². The van der Waals surface area contributed by atoms with Gasteiger partial charge >= 0.3 is 0 Å². The molecule has 0 unspecified atom stereocenters. The highest BCUT2D eigenvalue weighted by atomic mass is 16.5. The molecule has 3 aromatic heterocycles. The van der Waals surface area contributed by atoms with Gasteiger partial charge in [0.2, 0.25) is 0 Å². The molecule has 0 atom stereocenters. The second-order valence-electron chi connectivity index (χ2n) is 6.86. The first-order valence-electron chi connectivity index (χ1n) is 9.12. The molecular formula is C20H22N4O3. The van der Waals surface area contributed by atoms with E-state index in [1.54, 1.807) is 18.2 Å². The summed E-state index contributed by atoms with van der Waals surface area (Å²) in [6, 6.07) is 7.60. The molecule has 1 amide bonds. The Morgan fingerprint density at radius 3 is 2.93 bits per heavy atom. The number of nitrogens with zero attached hydrogens (tertiary/aromatic N) is 4. The normalized spacial score (nSPS) is 13.9. The summed E-state index contributed by atoms with van der Waals surface area (Å²) in [4.78, 5) is 24.1. The fourth-order valence-electron chi connectivity index (χ4n) is 3.18. The Kier molecular flexibility index (Phi) is 4.85. The summed E-state index contributed by atoms with van der Waals surface area (Å²) < 4.78 is 10.6. The monoisotopic (exact) mass is 366 g/mol. The summed E-state index contributed by atoms with van der Waals surface area (Å²) in [6.45, 7) is 3.17. The van der Waals surface area contributed by atoms with Gasteiger partial charge in [-0.05, 0) is 38.0 Å². The van der Waals surface area contributed by atoms with E-state index < -0.39 is 0 Å². The highest BCUT2D eigenvalue weighted by Gasteiger charge is 2.30. The minimum atomic E-state index is -0.0849. The standard InChI is InChI=1S/C20H22N4O3/c1-13-18-16(11-17(14-6-7-14)22-19(18)27-23-13)20(25)24(9-10-26-2)12-15-5-3-4-8-21-15/h3-5,8,11,14H,6-7,9-10,12H2,1-2H3. The van der Waals surface area contributed by atoms with Crippen LogP contribution in [-0.2, 0) is 11.3 Å². The van der Waals surface area contributed by atoms with Crippen molar-refractivity contribution in [2.75, 3.05) is 20.3 Å². The van der Waals surface area contributed by atoms with Gasteiger partial charge in [0.15, 0.2) is 0 Å². The molecular weight excluding hydrogens is 344 g/mol. The lowest BCUT2D eigenvalue weighted by molar-refractivity contribution is 0.0679. The van der Waals surface area contributed by atoms with Gasteiger partial charge in [-0.2, -0.15) is 0 Å². The van der Waals surface area contributed by atoms with Gasteiger partial charge in [0.05, 0.1) is 35.5 Å². The van der Waals surface area contributed by atoms with Crippen LogP contribution in [-0.4, -0.2) is 46.2 Å². The second kappa shape index (κ2) is 7.44. The smallest absolute Gasteiger partial charge is 0.259 e. The van der Waals surface area contributed by atoms with E-state index in [0.29, 0.717) is 48.0 Å². The molecule has 0 aliphatic heterocycles. The van der Waals surface area contributed by atoms with Crippen LogP contribution in [0.2, 0.25) is 0 Å². The number of aromatic nitrogens is 3. The third kappa shape index (κ3) is 3.68. The number of hydrogen-bond acceptors (Lipinski definition) is 6. The predicted molar refractivity (Wildman–Crippen MR) is 99.4 cm³/mol. The molecule has 4 rings (SSSR count). The molecule has 1 aliphatic carbocycles. The van der Waals surface area contributed by atoms with Crippen LogP contribution in [0.3, 0.4) is 0 Å². The van der Waals surface area contributed by atoms with Crippen molar-refractivity contribution in [2.45, 2.75) is 32.2 Å². The van der Waals surface area contributed by atoms with Gasteiger partial charge in [-0.3, -0.25) is 9.78 Å². The zero-order valence-electron chi connectivity index (χ0n) is 15.5. The highest BCUT2D eigenvalue weighted by molar-refractivity contribution is 6.06. The molecule has 140 valence electrons. The molecule has 27 heavy (non-hydrogen) atoms. The third-order valence-electron chi connectivity index (χ3n) is 4.79. The number of fused-ring (bicyclic) bond motifs is 1. The number of ether oxygens (including phenoxy) is 1. The first-order chi connectivity index (χ1) is 13.2. The van der Waals surface area contributed by atoms with Crippen LogP contribution in [0.4, 0.5) is 0 Å². The quantitative estimate of drug-likeness (QED) is 0.639. The van der Waals surface area contributed by atoms with Crippen LogP contribution in [0.1, 0.15) is 46.2 Å². The molecule has 7 heteroatoms. The lowest BCUT2D eigenvalue weighted by Gasteiger charge is -2.22. The first-order valence-corrected chi connectivity index (χ1v) is 9.12. The Bertz CT molecular complexity index is 951. The number of methoxy groups -OCH3 is 1. The Hall–Kier alpha value is -2.80. The average Bonchev–Trinajstić information content (AvgIpc) is 3.48. The third-order valence-corrected chi connectivity index (χ3v) is 4.79. The van der Waals surface area contributed by atoms with E-state index in [2.05, 4.69) is 15.1 Å². The molecule has 1 saturated carbocycles. The van der Waals surface area contributed by atoms with Crippen LogP contribution in [0.15, 0.2) is 35.0 Å². The van der Waals surface area contributed by atoms with E-state index in [9.17, 15) is 4.79 Å². The van der Waals surface area contributed by atoms with Crippen molar-refractivity contribution in [2.24, 2.45) is 0 Å². The number of carbonyl (C=O) groups is 1. The molecule has 0 aromatic carbocycles. The van der Waals surface area contributed by atoms with Crippen molar-refractivity contribution in [1.29, 1.82) is 0 Å². The van der Waals surface area contributed by atoms with Crippen molar-refractivity contribution in [3.63, 3.8) is 0 Å². The maximum atomic E-state index is 13.5. The van der Waals surface area contributed by atoms with E-state index in [1.165, 1.54) is 0 Å². The minimum Gasteiger partial charge on any atom is -0.383 e. The predicted octanol–water partition coefficient (Wildman–Crippen LogP) is 3.09. The van der Waals surface area contributed by atoms with E-state index in [0.717, 1.165) is 24.2 Å². The van der Waals surface area contributed by atoms with Gasteiger partial charge in [-0.1, -0.05) is 11.2 Å². The van der Waals surface area contributed by atoms with Crippen molar-refractivity contribution in [3.05, 3.63) is 53.1 Å². The minimum absolute atomic E-state index is 0.0849. The van der Waals surface area contributed by atoms with Crippen molar-refractivity contribution in [1.82, 2.24) is 20.0 Å². The maximum absolute atomic E-state index is 13.5. The molecule has 1 fully saturated rings. The van der Waals surface area contributed by atoms with Crippen LogP contribution < -0.4 is 0 Å². The van der Waals surface area contributed by atoms with E-state index in [-0.39, 0.29) is 5.91 Å². The Labute approximate surface area is 157 Å². The van der Waals surface area contributed by atoms with Crippen molar-refractivity contribution in [3.8, 4) is 0 Å². The van der Waals surface area contributed by atoms with Crippen LogP contribution in [0.25, 0.3) is 11.1 Å². The molecule has 0 saturated heterocycles. The largest absolute Gasteiger partial charge is 0.383 e. The SMILES string of the molecule is COCCN(Cc1ccccn1)C(=O)c1cc(C2CC2)nc2onc(C)c12. The molecule has 3 heterocycles. The fraction of sp³-hybridized carbons (Fsp3) is 0.400. The summed E-state index contributed by atoms with van der Waals surface area (Å²) in [7, 11) is 1.63. The summed E-state index contributed by atoms with van der Waals surface area (Å²) >= 11 is 0. The average molecular weight is 366 g/mol. The first kappa shape index (κ1) is 17.6. The van der Waals surface area contributed by atoms with E-state index in [4.69, 9.17) is 9.26 Å². The van der Waals surface area contributed by atoms with Gasteiger partial charge in [0.25, 0.3) is 11.6 Å². The molecule has 3 aromatic rings. The van der Waals surface area contributed by atoms with Gasteiger partial charge in [-0.15, -0.1) is 0 Å². The Balaban J connectivity index is 1.72. The number of rotatable bonds is 7. The Morgan fingerprint density at radius 1 is 1.37 bits per heavy atom. The molecule has 7 nitrogen and oxygen atoms in total. The van der Waals surface area contributed by atoms with Gasteiger partial charge < -0.3 is 14.2 Å². The van der Waals surface area contributed by atoms with Crippen LogP contribution >= 0.6 is 0 Å². The molecule has 0 radical (unpaired) electrons. The molecule has 0 N–H and O–H groups in total. The van der Waals surface area contributed by atoms with Gasteiger partial charge in [0, 0.05) is 31.5 Å². The summed E-state index contributed by atoms with van der Waals surface area (Å²) in [6.07, 6.45) is 3.93. The zero-order chi connectivity index (χ0) is 18.8. The number of hydrogen-bond donors (Lipinski definition) is 0. The summed E-state index contributed by atoms with van der Waals surface area (Å²) in [5.74, 6) is 0.327. The van der Waals surface area contributed by atoms with Gasteiger partial charge in [0.1, 0.15) is 0 Å². The van der Waals surface area contributed by atoms with Crippen molar-refractivity contribution >= 4 is 17.0 Å². The molecule has 1 aliphatic rings. The summed E-state index contributed by atoms with van der Waals surface area (Å²) in [5, 5.41) is 4.71. The van der Waals surface area contributed by atoms with Crippen molar-refractivity contribution < 1.29 is 14.1 Å². The number of amides is 1. The summed E-state index contributed by atoms with van der Waals surface area (Å²) in [5.41, 5.74) is 3.44. The topological polar surface area (TPSA) is 81.4 Å². The molecule has 0 spiro atoms. The number of carbonyl (C=O) groups excluding carboxylic acids is 1. The number of aryl methyl sites for hydroxylation is 1. The highest BCUT2D eigenvalue weighted by Crippen LogP contribution is 2.40.